The largest absolute Gasteiger partial charge is 0.494 e. The number of piperidine rings is 1. The van der Waals surface area contributed by atoms with E-state index in [4.69, 9.17) is 24.9 Å². The lowest BCUT2D eigenvalue weighted by Gasteiger charge is -2.32. The van der Waals surface area contributed by atoms with Crippen molar-refractivity contribution >= 4 is 29.0 Å². The van der Waals surface area contributed by atoms with Crippen molar-refractivity contribution in [3.63, 3.8) is 0 Å². The number of imidazole rings is 1. The summed E-state index contributed by atoms with van der Waals surface area (Å²) in [6.07, 6.45) is 3.08. The zero-order valence-electron chi connectivity index (χ0n) is 21.6. The molecule has 3 aliphatic rings. The molecule has 2 amide bonds. The molecule has 1 saturated carbocycles. The second-order valence-corrected chi connectivity index (χ2v) is 10.3. The molecule has 2 N–H and O–H groups in total. The lowest BCUT2D eigenvalue weighted by molar-refractivity contribution is 0.0373. The van der Waals surface area contributed by atoms with E-state index in [-0.39, 0.29) is 18.4 Å². The van der Waals surface area contributed by atoms with Crippen LogP contribution in [-0.2, 0) is 29.5 Å². The van der Waals surface area contributed by atoms with E-state index in [1.165, 1.54) is 0 Å². The molecule has 1 aliphatic carbocycles. The first kappa shape index (κ1) is 24.3. The van der Waals surface area contributed by atoms with E-state index in [0.717, 1.165) is 36.2 Å². The number of primary amides is 1. The maximum absolute atomic E-state index is 13.5. The third-order valence-electron chi connectivity index (χ3n) is 7.69. The summed E-state index contributed by atoms with van der Waals surface area (Å²) < 4.78 is 20.2. The van der Waals surface area contributed by atoms with E-state index >= 15 is 0 Å². The number of fused-ring (bicyclic) bond motifs is 2. The zero-order chi connectivity index (χ0) is 26.6. The highest BCUT2D eigenvalue weighted by Gasteiger charge is 2.33. The molecule has 1 saturated heterocycles. The van der Waals surface area contributed by atoms with Gasteiger partial charge in [-0.05, 0) is 55.4 Å². The Balaban J connectivity index is 1.40. The fraction of sp³-hybridized carbons (Fsp3) is 0.481. The monoisotopic (exact) mass is 521 g/mol. The maximum atomic E-state index is 13.5. The Kier molecular flexibility index (Phi) is 6.00. The topological polar surface area (TPSA) is 131 Å². The van der Waals surface area contributed by atoms with Crippen LogP contribution in [0.15, 0.2) is 18.2 Å². The van der Waals surface area contributed by atoms with Crippen molar-refractivity contribution in [3.8, 4) is 17.3 Å². The molecule has 6 rings (SSSR count). The fourth-order valence-corrected chi connectivity index (χ4v) is 5.68. The molecular weight excluding hydrogens is 490 g/mol. The summed E-state index contributed by atoms with van der Waals surface area (Å²) in [5, 5.41) is 0. The first-order valence-corrected chi connectivity index (χ1v) is 13.0. The van der Waals surface area contributed by atoms with Crippen LogP contribution in [0.4, 0.5) is 4.79 Å². The lowest BCUT2D eigenvalue weighted by atomic mass is 10.1. The average Bonchev–Trinajstić information content (AvgIpc) is 3.56. The van der Waals surface area contributed by atoms with E-state index in [1.807, 2.05) is 17.7 Å². The Bertz CT molecular complexity index is 1450. The van der Waals surface area contributed by atoms with Gasteiger partial charge in [-0.1, -0.05) is 0 Å². The number of likely N-dealkylation sites (tertiary alicyclic amines) is 1. The Hall–Kier alpha value is -4.02. The summed E-state index contributed by atoms with van der Waals surface area (Å²) in [6.45, 7) is 1.96. The molecule has 38 heavy (non-hydrogen) atoms. The van der Waals surface area contributed by atoms with E-state index in [1.54, 1.807) is 24.1 Å². The number of carbonyl (C=O) groups excluding carboxylic acids is 3. The van der Waals surface area contributed by atoms with Gasteiger partial charge in [-0.25, -0.2) is 14.6 Å². The minimum Gasteiger partial charge on any atom is -0.494 e. The van der Waals surface area contributed by atoms with Crippen molar-refractivity contribution in [1.29, 1.82) is 0 Å². The molecule has 1 atom stereocenters. The van der Waals surface area contributed by atoms with Crippen molar-refractivity contribution in [2.45, 2.75) is 44.8 Å². The van der Waals surface area contributed by atoms with Crippen molar-refractivity contribution in [2.75, 3.05) is 26.8 Å². The van der Waals surface area contributed by atoms with Crippen molar-refractivity contribution in [3.05, 3.63) is 35.0 Å². The number of hydrogen-bond acceptors (Lipinski definition) is 7. The Morgan fingerprint density at radius 1 is 1.21 bits per heavy atom. The van der Waals surface area contributed by atoms with Gasteiger partial charge in [-0.2, -0.15) is 0 Å². The number of nitrogens with two attached hydrogens (primary N) is 1. The molecule has 3 aromatic rings. The average molecular weight is 522 g/mol. The summed E-state index contributed by atoms with van der Waals surface area (Å²) in [4.78, 5) is 44.0. The van der Waals surface area contributed by atoms with Gasteiger partial charge in [-0.3, -0.25) is 4.79 Å². The summed E-state index contributed by atoms with van der Waals surface area (Å²) in [5.74, 6) is 1.28. The van der Waals surface area contributed by atoms with Crippen LogP contribution in [0.1, 0.15) is 52.1 Å². The van der Waals surface area contributed by atoms with Gasteiger partial charge in [0.05, 0.1) is 31.5 Å². The van der Waals surface area contributed by atoms with Crippen LogP contribution in [0.25, 0.3) is 22.6 Å². The van der Waals surface area contributed by atoms with Crippen LogP contribution in [-0.4, -0.2) is 69.9 Å². The molecule has 2 aliphatic heterocycles. The molecule has 0 bridgehead atoms. The fourth-order valence-electron chi connectivity index (χ4n) is 5.68. The third-order valence-corrected chi connectivity index (χ3v) is 7.69. The first-order chi connectivity index (χ1) is 18.3. The standard InChI is InChI=1S/C27H31N5O6/c1-30-23-19(10-17(12-21(23)36-2)25(33)31-8-3-4-18(14-31)38-27(28)35)29-24(30)20-11-16-7-9-37-26(34)22(16)32(20)13-15-5-6-15/h10-12,15,18H,3-9,13-14H2,1-2H3,(H2,28,35)/t18-/m1/s1. The number of aryl methyl sites for hydroxylation is 1. The van der Waals surface area contributed by atoms with Gasteiger partial charge in [0.1, 0.15) is 23.1 Å². The van der Waals surface area contributed by atoms with Crippen molar-refractivity contribution < 1.29 is 28.6 Å². The summed E-state index contributed by atoms with van der Waals surface area (Å²) in [5.41, 5.74) is 9.45. The van der Waals surface area contributed by atoms with E-state index in [9.17, 15) is 14.4 Å². The molecule has 11 heteroatoms. The van der Waals surface area contributed by atoms with Crippen LogP contribution in [0.5, 0.6) is 5.75 Å². The number of methoxy groups -OCH3 is 1. The van der Waals surface area contributed by atoms with E-state index in [0.29, 0.717) is 66.7 Å². The number of carbonyl (C=O) groups is 3. The molecule has 0 unspecified atom stereocenters. The molecule has 0 spiro atoms. The second-order valence-electron chi connectivity index (χ2n) is 10.3. The number of esters is 1. The molecular formula is C27H31N5O6. The minimum atomic E-state index is -0.838. The predicted octanol–water partition coefficient (Wildman–Crippen LogP) is 2.87. The van der Waals surface area contributed by atoms with Crippen LogP contribution >= 0.6 is 0 Å². The number of hydrogen-bond donors (Lipinski definition) is 1. The van der Waals surface area contributed by atoms with E-state index < -0.39 is 12.2 Å². The lowest BCUT2D eigenvalue weighted by Crippen LogP contribution is -2.44. The number of cyclic esters (lactones) is 1. The molecule has 11 nitrogen and oxygen atoms in total. The number of benzene rings is 1. The highest BCUT2D eigenvalue weighted by atomic mass is 16.6. The molecule has 2 aromatic heterocycles. The zero-order valence-corrected chi connectivity index (χ0v) is 21.6. The van der Waals surface area contributed by atoms with Crippen LogP contribution in [0.2, 0.25) is 0 Å². The Morgan fingerprint density at radius 3 is 2.76 bits per heavy atom. The number of rotatable bonds is 6. The number of ether oxygens (including phenoxy) is 3. The molecule has 0 radical (unpaired) electrons. The highest BCUT2D eigenvalue weighted by Crippen LogP contribution is 2.38. The normalized spacial score (nSPS) is 19.3. The van der Waals surface area contributed by atoms with Gasteiger partial charge in [0.25, 0.3) is 5.91 Å². The summed E-state index contributed by atoms with van der Waals surface area (Å²) >= 11 is 0. The van der Waals surface area contributed by atoms with Crippen LogP contribution in [0.3, 0.4) is 0 Å². The number of aromatic nitrogens is 3. The summed E-state index contributed by atoms with van der Waals surface area (Å²) in [6, 6.07) is 5.54. The van der Waals surface area contributed by atoms with Gasteiger partial charge >= 0.3 is 12.1 Å². The van der Waals surface area contributed by atoms with Crippen molar-refractivity contribution in [2.24, 2.45) is 18.7 Å². The smallest absolute Gasteiger partial charge is 0.404 e. The second kappa shape index (κ2) is 9.38. The quantitative estimate of drug-likeness (QED) is 0.494. The molecule has 200 valence electrons. The SMILES string of the molecule is COc1cc(C(=O)N2CCC[C@@H](OC(N)=O)C2)cc2nc(-c3cc4c(n3CC3CC3)C(=O)OCC4)n(C)c12. The molecule has 4 heterocycles. The number of nitrogens with zero attached hydrogens (tertiary/aromatic N) is 4. The predicted molar refractivity (Wildman–Crippen MR) is 137 cm³/mol. The minimum absolute atomic E-state index is 0.189. The van der Waals surface area contributed by atoms with Gasteiger partial charge in [0.2, 0.25) is 0 Å². The first-order valence-electron chi connectivity index (χ1n) is 13.0. The van der Waals surface area contributed by atoms with Crippen LogP contribution in [0, 0.1) is 5.92 Å². The van der Waals surface area contributed by atoms with Gasteiger partial charge in [0, 0.05) is 32.1 Å². The third kappa shape index (κ3) is 4.25. The summed E-state index contributed by atoms with van der Waals surface area (Å²) in [7, 11) is 3.48. The Labute approximate surface area is 219 Å². The van der Waals surface area contributed by atoms with Crippen LogP contribution < -0.4 is 10.5 Å². The van der Waals surface area contributed by atoms with Gasteiger partial charge < -0.3 is 34.0 Å². The van der Waals surface area contributed by atoms with Gasteiger partial charge in [0.15, 0.2) is 5.82 Å². The number of amides is 2. The highest BCUT2D eigenvalue weighted by molar-refractivity contribution is 6.00. The Morgan fingerprint density at radius 2 is 2.03 bits per heavy atom. The van der Waals surface area contributed by atoms with E-state index in [2.05, 4.69) is 4.57 Å². The van der Waals surface area contributed by atoms with Crippen molar-refractivity contribution in [1.82, 2.24) is 19.0 Å². The molecule has 2 fully saturated rings. The molecule has 1 aromatic carbocycles. The van der Waals surface area contributed by atoms with Gasteiger partial charge in [-0.15, -0.1) is 0 Å². The maximum Gasteiger partial charge on any atom is 0.404 e.